The molecule has 0 amide bonds. The first-order valence-electron chi connectivity index (χ1n) is 13.2. The van der Waals surface area contributed by atoms with E-state index >= 15 is 0 Å². The summed E-state index contributed by atoms with van der Waals surface area (Å²) in [6, 6.07) is 12.9. The van der Waals surface area contributed by atoms with Crippen molar-refractivity contribution in [2.45, 2.75) is 50.9 Å². The van der Waals surface area contributed by atoms with E-state index in [0.29, 0.717) is 11.1 Å². The van der Waals surface area contributed by atoms with Crippen LogP contribution in [-0.2, 0) is 10.2 Å². The van der Waals surface area contributed by atoms with Crippen LogP contribution in [0.2, 0.25) is 0 Å². The Labute approximate surface area is 214 Å². The topological polar surface area (TPSA) is 65.5 Å². The number of ether oxygens (including phenoxy) is 1. The maximum Gasteiger partial charge on any atom is 0.232 e. The average molecular weight is 495 g/mol. The number of benzene rings is 1. The summed E-state index contributed by atoms with van der Waals surface area (Å²) in [7, 11) is 0. The lowest BCUT2D eigenvalue weighted by Gasteiger charge is -2.38. The number of piperidine rings is 1. The standard InChI is InChI=1S/C27H38N6OS/c1-21-9-15-33(16-10-21)24-19-23(32-13-5-6-14-32)29-25(30-24)31-26(35)28-20-27(11-17-34-18-12-27)22-7-3-2-4-8-22/h2-4,7-8,19,21H,5-6,9-18,20H2,1H3,(H2,28,29,30,31,35). The Morgan fingerprint density at radius 2 is 1.63 bits per heavy atom. The van der Waals surface area contributed by atoms with Crippen LogP contribution in [0.5, 0.6) is 0 Å². The van der Waals surface area contributed by atoms with E-state index < -0.39 is 0 Å². The van der Waals surface area contributed by atoms with Gasteiger partial charge in [0.1, 0.15) is 11.6 Å². The van der Waals surface area contributed by atoms with Crippen molar-refractivity contribution in [3.05, 3.63) is 42.0 Å². The Morgan fingerprint density at radius 3 is 2.29 bits per heavy atom. The van der Waals surface area contributed by atoms with Crippen molar-refractivity contribution in [1.29, 1.82) is 0 Å². The first kappa shape index (κ1) is 24.3. The zero-order valence-corrected chi connectivity index (χ0v) is 21.7. The molecule has 2 aromatic rings. The SMILES string of the molecule is CC1CCN(c2cc(N3CCCC3)nc(NC(=S)NCC3(c4ccccc4)CCOCC3)n2)CC1. The number of hydrogen-bond acceptors (Lipinski definition) is 6. The van der Waals surface area contributed by atoms with Gasteiger partial charge in [0.25, 0.3) is 0 Å². The fraction of sp³-hybridized carbons (Fsp3) is 0.593. The quantitative estimate of drug-likeness (QED) is 0.575. The fourth-order valence-corrected chi connectivity index (χ4v) is 5.67. The molecule has 2 N–H and O–H groups in total. The number of thiocarbonyl (C=S) groups is 1. The Kier molecular flexibility index (Phi) is 7.68. The number of aromatic nitrogens is 2. The van der Waals surface area contributed by atoms with E-state index in [4.69, 9.17) is 26.9 Å². The molecule has 3 aliphatic heterocycles. The molecule has 0 saturated carbocycles. The lowest BCUT2D eigenvalue weighted by molar-refractivity contribution is 0.0515. The Morgan fingerprint density at radius 1 is 1.00 bits per heavy atom. The minimum Gasteiger partial charge on any atom is -0.381 e. The first-order valence-corrected chi connectivity index (χ1v) is 13.6. The highest BCUT2D eigenvalue weighted by Crippen LogP contribution is 2.34. The smallest absolute Gasteiger partial charge is 0.232 e. The zero-order valence-electron chi connectivity index (χ0n) is 20.8. The average Bonchev–Trinajstić information content (AvgIpc) is 3.44. The fourth-order valence-electron chi connectivity index (χ4n) is 5.50. The third-order valence-corrected chi connectivity index (χ3v) is 8.13. The third kappa shape index (κ3) is 5.86. The molecular weight excluding hydrogens is 456 g/mol. The van der Waals surface area contributed by atoms with Crippen LogP contribution in [0.15, 0.2) is 36.4 Å². The molecule has 5 rings (SSSR count). The molecule has 0 atom stereocenters. The van der Waals surface area contributed by atoms with E-state index in [1.54, 1.807) is 0 Å². The molecule has 3 saturated heterocycles. The Bertz CT molecular complexity index is 982. The van der Waals surface area contributed by atoms with Crippen molar-refractivity contribution in [3.8, 4) is 0 Å². The van der Waals surface area contributed by atoms with Crippen LogP contribution >= 0.6 is 12.2 Å². The minimum atomic E-state index is 0.0131. The van der Waals surface area contributed by atoms with Gasteiger partial charge in [0.2, 0.25) is 5.95 Å². The van der Waals surface area contributed by atoms with Gasteiger partial charge in [0.15, 0.2) is 5.11 Å². The normalized spacial score (nSPS) is 20.6. The maximum atomic E-state index is 5.74. The molecule has 0 spiro atoms. The largest absolute Gasteiger partial charge is 0.381 e. The van der Waals surface area contributed by atoms with Gasteiger partial charge in [0.05, 0.1) is 0 Å². The van der Waals surface area contributed by atoms with E-state index in [-0.39, 0.29) is 5.41 Å². The van der Waals surface area contributed by atoms with Crippen molar-refractivity contribution >= 4 is 34.9 Å². The van der Waals surface area contributed by atoms with E-state index in [2.05, 4.69) is 63.8 Å². The summed E-state index contributed by atoms with van der Waals surface area (Å²) in [6.45, 7) is 8.84. The molecule has 1 aromatic carbocycles. The predicted molar refractivity (Wildman–Crippen MR) is 146 cm³/mol. The molecule has 3 aliphatic rings. The van der Waals surface area contributed by atoms with Gasteiger partial charge in [0, 0.05) is 57.4 Å². The van der Waals surface area contributed by atoms with Crippen molar-refractivity contribution < 1.29 is 4.74 Å². The summed E-state index contributed by atoms with van der Waals surface area (Å²) >= 11 is 5.74. The minimum absolute atomic E-state index is 0.0131. The number of hydrogen-bond donors (Lipinski definition) is 2. The molecule has 0 radical (unpaired) electrons. The van der Waals surface area contributed by atoms with Crippen LogP contribution in [0, 0.1) is 5.92 Å². The van der Waals surface area contributed by atoms with Gasteiger partial charge < -0.3 is 25.2 Å². The molecule has 0 aliphatic carbocycles. The van der Waals surface area contributed by atoms with Gasteiger partial charge in [-0.15, -0.1) is 0 Å². The number of nitrogens with zero attached hydrogens (tertiary/aromatic N) is 4. The first-order chi connectivity index (χ1) is 17.1. The lowest BCUT2D eigenvalue weighted by Crippen LogP contribution is -2.45. The zero-order chi connectivity index (χ0) is 24.1. The highest BCUT2D eigenvalue weighted by atomic mass is 32.1. The molecule has 7 nitrogen and oxygen atoms in total. The van der Waals surface area contributed by atoms with E-state index in [9.17, 15) is 0 Å². The van der Waals surface area contributed by atoms with Gasteiger partial charge in [-0.2, -0.15) is 9.97 Å². The molecule has 3 fully saturated rings. The molecule has 188 valence electrons. The van der Waals surface area contributed by atoms with Crippen LogP contribution < -0.4 is 20.4 Å². The number of anilines is 3. The van der Waals surface area contributed by atoms with Crippen molar-refractivity contribution in [2.24, 2.45) is 5.92 Å². The van der Waals surface area contributed by atoms with E-state index in [0.717, 1.165) is 76.3 Å². The summed E-state index contributed by atoms with van der Waals surface area (Å²) in [5.41, 5.74) is 1.35. The van der Waals surface area contributed by atoms with Crippen molar-refractivity contribution in [2.75, 3.05) is 61.1 Å². The van der Waals surface area contributed by atoms with Crippen LogP contribution in [0.4, 0.5) is 17.6 Å². The molecule has 4 heterocycles. The van der Waals surface area contributed by atoms with Gasteiger partial charge in [-0.3, -0.25) is 0 Å². The van der Waals surface area contributed by atoms with Crippen LogP contribution in [0.1, 0.15) is 51.0 Å². The monoisotopic (exact) mass is 494 g/mol. The van der Waals surface area contributed by atoms with E-state index in [1.807, 2.05) is 0 Å². The maximum absolute atomic E-state index is 5.74. The van der Waals surface area contributed by atoms with Crippen LogP contribution in [-0.4, -0.2) is 61.0 Å². The van der Waals surface area contributed by atoms with Gasteiger partial charge in [-0.1, -0.05) is 37.3 Å². The predicted octanol–water partition coefficient (Wildman–Crippen LogP) is 4.35. The van der Waals surface area contributed by atoms with Gasteiger partial charge >= 0.3 is 0 Å². The van der Waals surface area contributed by atoms with Crippen molar-refractivity contribution in [3.63, 3.8) is 0 Å². The summed E-state index contributed by atoms with van der Waals surface area (Å²) in [4.78, 5) is 14.5. The highest BCUT2D eigenvalue weighted by molar-refractivity contribution is 7.80. The third-order valence-electron chi connectivity index (χ3n) is 7.89. The molecule has 35 heavy (non-hydrogen) atoms. The van der Waals surface area contributed by atoms with E-state index in [1.165, 1.54) is 31.2 Å². The molecule has 0 unspecified atom stereocenters. The molecule has 1 aromatic heterocycles. The number of rotatable bonds is 6. The van der Waals surface area contributed by atoms with Crippen LogP contribution in [0.3, 0.4) is 0 Å². The lowest BCUT2D eigenvalue weighted by atomic mass is 9.74. The second kappa shape index (κ2) is 11.1. The summed E-state index contributed by atoms with van der Waals surface area (Å²) in [6.07, 6.45) is 6.80. The molecular formula is C27H38N6OS. The second-order valence-electron chi connectivity index (χ2n) is 10.3. The van der Waals surface area contributed by atoms with Gasteiger partial charge in [-0.25, -0.2) is 0 Å². The summed E-state index contributed by atoms with van der Waals surface area (Å²) < 4.78 is 5.68. The summed E-state index contributed by atoms with van der Waals surface area (Å²) in [5.74, 6) is 3.37. The molecule has 8 heteroatoms. The Balaban J connectivity index is 1.30. The number of nitrogens with one attached hydrogen (secondary N) is 2. The van der Waals surface area contributed by atoms with Crippen molar-refractivity contribution in [1.82, 2.24) is 15.3 Å². The highest BCUT2D eigenvalue weighted by Gasteiger charge is 2.34. The second-order valence-corrected chi connectivity index (χ2v) is 10.7. The van der Waals surface area contributed by atoms with Crippen LogP contribution in [0.25, 0.3) is 0 Å². The Hall–Kier alpha value is -2.45. The van der Waals surface area contributed by atoms with Gasteiger partial charge in [-0.05, 0) is 62.2 Å². The molecule has 0 bridgehead atoms. The summed E-state index contributed by atoms with van der Waals surface area (Å²) in [5, 5.41) is 7.38.